The van der Waals surface area contributed by atoms with Crippen LogP contribution >= 0.6 is 15.9 Å². The fraction of sp³-hybridized carbons (Fsp3) is 0.381. The van der Waals surface area contributed by atoms with E-state index in [4.69, 9.17) is 0 Å². The molecule has 150 valence electrons. The number of carbonyl (C=O) groups is 1. The molecule has 2 aromatic rings. The third kappa shape index (κ3) is 5.21. The molecule has 7 heteroatoms. The number of nitrogens with zero attached hydrogens (tertiary/aromatic N) is 1. The van der Waals surface area contributed by atoms with Gasteiger partial charge in [-0.15, -0.1) is 0 Å². The Kier molecular flexibility index (Phi) is 6.58. The molecule has 0 atom stereocenters. The minimum Gasteiger partial charge on any atom is -0.326 e. The molecule has 1 N–H and O–H groups in total. The number of piperidine rings is 1. The number of hydrogen-bond acceptors (Lipinski definition) is 3. The highest BCUT2D eigenvalue weighted by atomic mass is 79.9. The normalized spacial score (nSPS) is 16.1. The number of hydrogen-bond donors (Lipinski definition) is 1. The molecule has 1 fully saturated rings. The first-order chi connectivity index (χ1) is 13.2. The van der Waals surface area contributed by atoms with E-state index in [1.165, 1.54) is 4.31 Å². The molecule has 0 aromatic heterocycles. The van der Waals surface area contributed by atoms with E-state index in [0.29, 0.717) is 25.9 Å². The van der Waals surface area contributed by atoms with Crippen molar-refractivity contribution in [3.05, 3.63) is 63.6 Å². The van der Waals surface area contributed by atoms with Gasteiger partial charge in [-0.05, 0) is 56.0 Å². The van der Waals surface area contributed by atoms with Crippen molar-refractivity contribution in [3.8, 4) is 0 Å². The van der Waals surface area contributed by atoms with Gasteiger partial charge in [0, 0.05) is 29.2 Å². The van der Waals surface area contributed by atoms with Crippen LogP contribution in [0.25, 0.3) is 0 Å². The lowest BCUT2D eigenvalue weighted by atomic mass is 9.97. The molecule has 2 aromatic carbocycles. The number of carbonyl (C=O) groups excluding carboxylic acids is 1. The Morgan fingerprint density at radius 2 is 1.86 bits per heavy atom. The topological polar surface area (TPSA) is 66.5 Å². The molecular formula is C21H25BrN2O3S. The summed E-state index contributed by atoms with van der Waals surface area (Å²) >= 11 is 3.45. The summed E-state index contributed by atoms with van der Waals surface area (Å²) in [6, 6.07) is 13.3. The second-order valence-corrected chi connectivity index (χ2v) is 10.2. The molecule has 0 saturated carbocycles. The van der Waals surface area contributed by atoms with E-state index in [1.54, 1.807) is 0 Å². The van der Waals surface area contributed by atoms with Gasteiger partial charge in [0.25, 0.3) is 0 Å². The highest BCUT2D eigenvalue weighted by Crippen LogP contribution is 2.25. The van der Waals surface area contributed by atoms with Gasteiger partial charge in [0.1, 0.15) is 0 Å². The average Bonchev–Trinajstić information content (AvgIpc) is 2.64. The predicted octanol–water partition coefficient (Wildman–Crippen LogP) is 4.25. The number of nitrogens with one attached hydrogen (secondary N) is 1. The van der Waals surface area contributed by atoms with Gasteiger partial charge in [-0.3, -0.25) is 4.79 Å². The number of rotatable bonds is 5. The Hall–Kier alpha value is -1.70. The van der Waals surface area contributed by atoms with Crippen LogP contribution in [0.4, 0.5) is 5.69 Å². The Labute approximate surface area is 175 Å². The van der Waals surface area contributed by atoms with Gasteiger partial charge in [0.15, 0.2) is 0 Å². The lowest BCUT2D eigenvalue weighted by molar-refractivity contribution is -0.120. The summed E-state index contributed by atoms with van der Waals surface area (Å²) in [7, 11) is -3.38. The van der Waals surface area contributed by atoms with Crippen LogP contribution < -0.4 is 5.32 Å². The zero-order chi connectivity index (χ0) is 20.3. The molecule has 1 amide bonds. The maximum Gasteiger partial charge on any atom is 0.227 e. The molecular weight excluding hydrogens is 440 g/mol. The quantitative estimate of drug-likeness (QED) is 0.718. The maximum atomic E-state index is 12.7. The number of sulfonamides is 1. The van der Waals surface area contributed by atoms with E-state index < -0.39 is 10.0 Å². The van der Waals surface area contributed by atoms with Crippen molar-refractivity contribution in [1.29, 1.82) is 0 Å². The highest BCUT2D eigenvalue weighted by molar-refractivity contribution is 9.10. The second kappa shape index (κ2) is 8.76. The Morgan fingerprint density at radius 3 is 2.50 bits per heavy atom. The van der Waals surface area contributed by atoms with Crippen molar-refractivity contribution < 1.29 is 13.2 Å². The standard InChI is InChI=1S/C21H25BrN2O3S/c1-15-4-3-5-17(12-15)14-28(26,27)24-10-8-18(9-11-24)21(25)23-19-6-7-20(22)16(2)13-19/h3-7,12-13,18H,8-11,14H2,1-2H3,(H,23,25). The number of aryl methyl sites for hydroxylation is 2. The molecule has 1 aliphatic rings. The van der Waals surface area contributed by atoms with E-state index in [-0.39, 0.29) is 17.6 Å². The van der Waals surface area contributed by atoms with Crippen LogP contribution in [0.15, 0.2) is 46.9 Å². The summed E-state index contributed by atoms with van der Waals surface area (Å²) in [5.41, 5.74) is 3.66. The molecule has 28 heavy (non-hydrogen) atoms. The van der Waals surface area contributed by atoms with Crippen molar-refractivity contribution in [2.24, 2.45) is 5.92 Å². The third-order valence-corrected chi connectivity index (χ3v) is 7.81. The lowest BCUT2D eigenvalue weighted by Crippen LogP contribution is -2.41. The first-order valence-electron chi connectivity index (χ1n) is 9.35. The summed E-state index contributed by atoms with van der Waals surface area (Å²) in [5, 5.41) is 2.95. The molecule has 5 nitrogen and oxygen atoms in total. The average molecular weight is 465 g/mol. The number of anilines is 1. The zero-order valence-electron chi connectivity index (χ0n) is 16.1. The Morgan fingerprint density at radius 1 is 1.14 bits per heavy atom. The number of amides is 1. The third-order valence-electron chi connectivity index (χ3n) is 5.08. The van der Waals surface area contributed by atoms with Crippen LogP contribution in [0, 0.1) is 19.8 Å². The summed E-state index contributed by atoms with van der Waals surface area (Å²) in [6.07, 6.45) is 1.07. The molecule has 1 heterocycles. The van der Waals surface area contributed by atoms with Gasteiger partial charge in [-0.2, -0.15) is 0 Å². The van der Waals surface area contributed by atoms with Gasteiger partial charge in [0.05, 0.1) is 5.75 Å². The first-order valence-corrected chi connectivity index (χ1v) is 11.8. The predicted molar refractivity (Wildman–Crippen MR) is 116 cm³/mol. The SMILES string of the molecule is Cc1cccc(CS(=O)(=O)N2CCC(C(=O)Nc3ccc(Br)c(C)c3)CC2)c1. The van der Waals surface area contributed by atoms with Gasteiger partial charge < -0.3 is 5.32 Å². The van der Waals surface area contributed by atoms with E-state index >= 15 is 0 Å². The fourth-order valence-corrected chi connectivity index (χ4v) is 5.26. The molecule has 0 unspecified atom stereocenters. The second-order valence-electron chi connectivity index (χ2n) is 7.37. The van der Waals surface area contributed by atoms with Crippen molar-refractivity contribution in [2.45, 2.75) is 32.4 Å². The highest BCUT2D eigenvalue weighted by Gasteiger charge is 2.31. The monoisotopic (exact) mass is 464 g/mol. The first kappa shape index (κ1) is 21.0. The van der Waals surface area contributed by atoms with E-state index in [0.717, 1.165) is 26.9 Å². The smallest absolute Gasteiger partial charge is 0.227 e. The van der Waals surface area contributed by atoms with Crippen LogP contribution in [0.3, 0.4) is 0 Å². The van der Waals surface area contributed by atoms with Crippen LogP contribution in [-0.2, 0) is 20.6 Å². The molecule has 0 radical (unpaired) electrons. The summed E-state index contributed by atoms with van der Waals surface area (Å²) in [5.74, 6) is -0.212. The van der Waals surface area contributed by atoms with Crippen molar-refractivity contribution in [3.63, 3.8) is 0 Å². The minimum absolute atomic E-state index is 0.00368. The number of benzene rings is 2. The van der Waals surface area contributed by atoms with E-state index in [9.17, 15) is 13.2 Å². The largest absolute Gasteiger partial charge is 0.326 e. The summed E-state index contributed by atoms with van der Waals surface area (Å²) in [4.78, 5) is 12.6. The van der Waals surface area contributed by atoms with Gasteiger partial charge >= 0.3 is 0 Å². The fourth-order valence-electron chi connectivity index (χ4n) is 3.47. The summed E-state index contributed by atoms with van der Waals surface area (Å²) < 4.78 is 28.0. The minimum atomic E-state index is -3.38. The molecule has 0 spiro atoms. The molecule has 1 saturated heterocycles. The molecule has 1 aliphatic heterocycles. The Balaban J connectivity index is 1.57. The van der Waals surface area contributed by atoms with E-state index in [1.807, 2.05) is 56.3 Å². The van der Waals surface area contributed by atoms with Crippen LogP contribution in [-0.4, -0.2) is 31.7 Å². The molecule has 0 bridgehead atoms. The van der Waals surface area contributed by atoms with Crippen LogP contribution in [0.2, 0.25) is 0 Å². The van der Waals surface area contributed by atoms with E-state index in [2.05, 4.69) is 21.2 Å². The van der Waals surface area contributed by atoms with Crippen molar-refractivity contribution >= 4 is 37.5 Å². The van der Waals surface area contributed by atoms with Crippen molar-refractivity contribution in [2.75, 3.05) is 18.4 Å². The van der Waals surface area contributed by atoms with Crippen LogP contribution in [0.1, 0.15) is 29.5 Å². The van der Waals surface area contributed by atoms with Crippen LogP contribution in [0.5, 0.6) is 0 Å². The maximum absolute atomic E-state index is 12.7. The van der Waals surface area contributed by atoms with Gasteiger partial charge in [0.2, 0.25) is 15.9 Å². The van der Waals surface area contributed by atoms with Crippen molar-refractivity contribution in [1.82, 2.24) is 4.31 Å². The van der Waals surface area contributed by atoms with Gasteiger partial charge in [-0.25, -0.2) is 12.7 Å². The lowest BCUT2D eigenvalue weighted by Gasteiger charge is -2.30. The Bertz CT molecular complexity index is 967. The van der Waals surface area contributed by atoms with Gasteiger partial charge in [-0.1, -0.05) is 45.8 Å². The molecule has 3 rings (SSSR count). The zero-order valence-corrected chi connectivity index (χ0v) is 18.5. The molecule has 0 aliphatic carbocycles. The number of halogens is 1. The summed E-state index contributed by atoms with van der Waals surface area (Å²) in [6.45, 7) is 4.68.